The van der Waals surface area contributed by atoms with Gasteiger partial charge in [-0.25, -0.2) is 4.68 Å². The van der Waals surface area contributed by atoms with Gasteiger partial charge < -0.3 is 5.73 Å². The Morgan fingerprint density at radius 3 is 2.31 bits per heavy atom. The highest BCUT2D eigenvalue weighted by molar-refractivity contribution is 7.80. The molecule has 0 saturated carbocycles. The van der Waals surface area contributed by atoms with Crippen LogP contribution in [-0.4, -0.2) is 20.6 Å². The molecule has 1 heterocycles. The molecule has 6 heteroatoms. The van der Waals surface area contributed by atoms with Crippen molar-refractivity contribution in [2.24, 2.45) is 5.73 Å². The predicted molar refractivity (Wildman–Crippen MR) is 104 cm³/mol. The second-order valence-electron chi connectivity index (χ2n) is 5.44. The van der Waals surface area contributed by atoms with Crippen molar-refractivity contribution in [3.63, 3.8) is 0 Å². The Bertz CT molecular complexity index is 1030. The number of rotatable bonds is 5. The summed E-state index contributed by atoms with van der Waals surface area (Å²) < 4.78 is 1.59. The summed E-state index contributed by atoms with van der Waals surface area (Å²) in [6.45, 7) is 0. The standard InChI is InChI=1S/C20H14N4OS/c21-12-15(20(22)26)11-16-13-24(17-9-5-2-6-10-17)23-18(16)19(25)14-7-3-1-4-8-14/h1-11,13H,(H2,22,26)/b15-11+. The summed E-state index contributed by atoms with van der Waals surface area (Å²) in [4.78, 5) is 12.9. The molecule has 0 spiro atoms. The second-order valence-corrected chi connectivity index (χ2v) is 5.88. The van der Waals surface area contributed by atoms with Crippen LogP contribution in [0.25, 0.3) is 11.8 Å². The van der Waals surface area contributed by atoms with Crippen LogP contribution in [0.3, 0.4) is 0 Å². The maximum Gasteiger partial charge on any atom is 0.213 e. The van der Waals surface area contributed by atoms with Crippen molar-refractivity contribution in [2.75, 3.05) is 0 Å². The maximum absolute atomic E-state index is 12.9. The number of para-hydroxylation sites is 1. The van der Waals surface area contributed by atoms with Gasteiger partial charge in [0.15, 0.2) is 0 Å². The van der Waals surface area contributed by atoms with Gasteiger partial charge in [-0.05, 0) is 18.2 Å². The number of benzene rings is 2. The summed E-state index contributed by atoms with van der Waals surface area (Å²) >= 11 is 4.89. The number of nitrogens with zero attached hydrogens (tertiary/aromatic N) is 3. The maximum atomic E-state index is 12.9. The van der Waals surface area contributed by atoms with Crippen LogP contribution in [0, 0.1) is 11.3 Å². The Balaban J connectivity index is 2.15. The average molecular weight is 358 g/mol. The first-order chi connectivity index (χ1) is 12.6. The number of aromatic nitrogens is 2. The minimum absolute atomic E-state index is 0.0296. The molecule has 0 aliphatic rings. The Hall–Kier alpha value is -3.56. The van der Waals surface area contributed by atoms with Gasteiger partial charge in [-0.15, -0.1) is 0 Å². The lowest BCUT2D eigenvalue weighted by molar-refractivity contribution is 0.103. The molecule has 3 aromatic rings. The number of nitriles is 1. The SMILES string of the molecule is N#C/C(=C\c1cn(-c2ccccc2)nc1C(=O)c1ccccc1)C(N)=S. The molecule has 0 amide bonds. The third-order valence-electron chi connectivity index (χ3n) is 3.70. The lowest BCUT2D eigenvalue weighted by Gasteiger charge is -2.00. The Morgan fingerprint density at radius 1 is 1.12 bits per heavy atom. The van der Waals surface area contributed by atoms with E-state index in [0.29, 0.717) is 11.1 Å². The van der Waals surface area contributed by atoms with E-state index >= 15 is 0 Å². The van der Waals surface area contributed by atoms with E-state index in [-0.39, 0.29) is 22.0 Å². The molecular formula is C20H14N4OS. The van der Waals surface area contributed by atoms with Gasteiger partial charge in [-0.3, -0.25) is 4.79 Å². The molecular weight excluding hydrogens is 344 g/mol. The quantitative estimate of drug-likeness (QED) is 0.327. The first-order valence-electron chi connectivity index (χ1n) is 7.76. The van der Waals surface area contributed by atoms with Crippen molar-refractivity contribution in [2.45, 2.75) is 0 Å². The van der Waals surface area contributed by atoms with Gasteiger partial charge >= 0.3 is 0 Å². The molecule has 3 rings (SSSR count). The van der Waals surface area contributed by atoms with Crippen molar-refractivity contribution in [3.05, 3.63) is 89.3 Å². The highest BCUT2D eigenvalue weighted by Gasteiger charge is 2.18. The summed E-state index contributed by atoms with van der Waals surface area (Å²) in [6.07, 6.45) is 3.17. The fourth-order valence-electron chi connectivity index (χ4n) is 2.42. The molecule has 2 N–H and O–H groups in total. The van der Waals surface area contributed by atoms with Gasteiger partial charge in [0.1, 0.15) is 16.8 Å². The monoisotopic (exact) mass is 358 g/mol. The highest BCUT2D eigenvalue weighted by Crippen LogP contribution is 2.19. The van der Waals surface area contributed by atoms with Gasteiger partial charge in [-0.2, -0.15) is 10.4 Å². The zero-order chi connectivity index (χ0) is 18.5. The van der Waals surface area contributed by atoms with Crippen molar-refractivity contribution in [1.82, 2.24) is 9.78 Å². The number of thiocarbonyl (C=S) groups is 1. The van der Waals surface area contributed by atoms with E-state index in [2.05, 4.69) is 5.10 Å². The lowest BCUT2D eigenvalue weighted by atomic mass is 10.0. The average Bonchev–Trinajstić information content (AvgIpc) is 3.10. The van der Waals surface area contributed by atoms with Gasteiger partial charge in [0, 0.05) is 17.3 Å². The van der Waals surface area contributed by atoms with E-state index in [4.69, 9.17) is 18.0 Å². The predicted octanol–water partition coefficient (Wildman–Crippen LogP) is 3.30. The van der Waals surface area contributed by atoms with Crippen molar-refractivity contribution >= 4 is 29.1 Å². The van der Waals surface area contributed by atoms with Crippen LogP contribution in [0.4, 0.5) is 0 Å². The molecule has 26 heavy (non-hydrogen) atoms. The fourth-order valence-corrected chi connectivity index (χ4v) is 2.53. The molecule has 0 fully saturated rings. The highest BCUT2D eigenvalue weighted by atomic mass is 32.1. The third-order valence-corrected chi connectivity index (χ3v) is 3.92. The molecule has 0 aliphatic heterocycles. The zero-order valence-corrected chi connectivity index (χ0v) is 14.5. The lowest BCUT2D eigenvalue weighted by Crippen LogP contribution is -2.10. The first-order valence-corrected chi connectivity index (χ1v) is 8.17. The molecule has 0 aliphatic carbocycles. The van der Waals surface area contributed by atoms with Crippen LogP contribution < -0.4 is 5.73 Å². The van der Waals surface area contributed by atoms with Gasteiger partial charge in [0.25, 0.3) is 0 Å². The number of hydrogen-bond acceptors (Lipinski definition) is 4. The van der Waals surface area contributed by atoms with E-state index in [0.717, 1.165) is 5.69 Å². The van der Waals surface area contributed by atoms with Crippen LogP contribution in [0.5, 0.6) is 0 Å². The van der Waals surface area contributed by atoms with Gasteiger partial charge in [0.2, 0.25) is 5.78 Å². The summed E-state index contributed by atoms with van der Waals surface area (Å²) in [6, 6.07) is 20.2. The summed E-state index contributed by atoms with van der Waals surface area (Å²) in [5.41, 5.74) is 7.71. The molecule has 5 nitrogen and oxygen atoms in total. The summed E-state index contributed by atoms with van der Waals surface area (Å²) in [5, 5.41) is 13.7. The number of hydrogen-bond donors (Lipinski definition) is 1. The van der Waals surface area contributed by atoms with Gasteiger partial charge in [-0.1, -0.05) is 60.7 Å². The van der Waals surface area contributed by atoms with E-state index in [1.165, 1.54) is 6.08 Å². The van der Waals surface area contributed by atoms with Crippen LogP contribution >= 0.6 is 12.2 Å². The normalized spacial score (nSPS) is 11.0. The van der Waals surface area contributed by atoms with Gasteiger partial charge in [0.05, 0.1) is 11.3 Å². The first kappa shape index (κ1) is 17.3. The molecule has 0 bridgehead atoms. The summed E-state index contributed by atoms with van der Waals surface area (Å²) in [5.74, 6) is -0.244. The fraction of sp³-hybridized carbons (Fsp3) is 0. The number of nitrogens with two attached hydrogens (primary N) is 1. The number of carbonyl (C=O) groups excluding carboxylic acids is 1. The Kier molecular flexibility index (Phi) is 5.02. The molecule has 2 aromatic carbocycles. The van der Waals surface area contributed by atoms with Crippen LogP contribution in [-0.2, 0) is 0 Å². The molecule has 0 radical (unpaired) electrons. The number of ketones is 1. The minimum atomic E-state index is -0.244. The Morgan fingerprint density at radius 2 is 1.73 bits per heavy atom. The topological polar surface area (TPSA) is 84.7 Å². The van der Waals surface area contributed by atoms with Crippen molar-refractivity contribution < 1.29 is 4.79 Å². The summed E-state index contributed by atoms with van der Waals surface area (Å²) in [7, 11) is 0. The zero-order valence-electron chi connectivity index (χ0n) is 13.7. The molecule has 0 saturated heterocycles. The van der Waals surface area contributed by atoms with Crippen molar-refractivity contribution in [3.8, 4) is 11.8 Å². The number of carbonyl (C=O) groups is 1. The Labute approximate surface area is 156 Å². The molecule has 126 valence electrons. The second kappa shape index (κ2) is 7.55. The molecule has 1 aromatic heterocycles. The van der Waals surface area contributed by atoms with Crippen LogP contribution in [0.1, 0.15) is 21.6 Å². The third kappa shape index (κ3) is 3.58. The minimum Gasteiger partial charge on any atom is -0.389 e. The van der Waals surface area contributed by atoms with E-state index in [9.17, 15) is 10.1 Å². The largest absolute Gasteiger partial charge is 0.389 e. The van der Waals surface area contributed by atoms with E-state index in [1.807, 2.05) is 42.5 Å². The smallest absolute Gasteiger partial charge is 0.213 e. The van der Waals surface area contributed by atoms with Crippen molar-refractivity contribution in [1.29, 1.82) is 5.26 Å². The van der Waals surface area contributed by atoms with E-state index in [1.54, 1.807) is 35.1 Å². The van der Waals surface area contributed by atoms with Crippen LogP contribution in [0.15, 0.2) is 72.4 Å². The van der Waals surface area contributed by atoms with Crippen LogP contribution in [0.2, 0.25) is 0 Å². The molecule has 0 unspecified atom stereocenters. The van der Waals surface area contributed by atoms with E-state index < -0.39 is 0 Å². The molecule has 0 atom stereocenters.